The molecule has 0 heterocycles. The standard InChI is InChI=1S/ClO.Na.HO3P/c1-2;;1-4(2)3/h;;(H-,1,2,3)/q-1;+1;/p+1. The van der Waals surface area contributed by atoms with Gasteiger partial charge in [0.2, 0.25) is 0 Å². The quantitative estimate of drug-likeness (QED) is 0.277. The van der Waals surface area contributed by atoms with E-state index in [9.17, 15) is 0 Å². The van der Waals surface area contributed by atoms with Crippen molar-refractivity contribution in [2.75, 3.05) is 0 Å². The van der Waals surface area contributed by atoms with Crippen LogP contribution >= 0.6 is 20.1 Å². The first-order valence-corrected chi connectivity index (χ1v) is 2.21. The maximum absolute atomic E-state index is 8.70. The summed E-state index contributed by atoms with van der Waals surface area (Å²) >= 11 is 3.39. The van der Waals surface area contributed by atoms with Crippen LogP contribution in [0.3, 0.4) is 0 Å². The molecule has 7 heteroatoms. The zero-order chi connectivity index (χ0) is 5.58. The Hall–Kier alpha value is 1.27. The van der Waals surface area contributed by atoms with Gasteiger partial charge >= 0.3 is 37.8 Å². The molecule has 0 saturated heterocycles. The van der Waals surface area contributed by atoms with E-state index in [2.05, 4.69) is 11.9 Å². The van der Waals surface area contributed by atoms with E-state index in [0.717, 1.165) is 0 Å². The Labute approximate surface area is 68.5 Å². The van der Waals surface area contributed by atoms with E-state index in [0.29, 0.717) is 0 Å². The molecule has 0 amide bonds. The van der Waals surface area contributed by atoms with Crippen LogP contribution in [0.4, 0.5) is 0 Å². The van der Waals surface area contributed by atoms with E-state index >= 15 is 0 Å². The van der Waals surface area contributed by atoms with E-state index in [1.54, 1.807) is 0 Å². The molecule has 0 aromatic rings. The molecule has 7 heavy (non-hydrogen) atoms. The SMILES string of the molecule is O=[P+](O)O.[Na+].[O-]Cl. The topological polar surface area (TPSA) is 80.6 Å². The van der Waals surface area contributed by atoms with Crippen LogP contribution in [0.2, 0.25) is 0 Å². The molecular formula is H2ClNaO4P+. The summed E-state index contributed by atoms with van der Waals surface area (Å²) in [4.78, 5) is 14.2. The van der Waals surface area contributed by atoms with Crippen LogP contribution < -0.4 is 34.2 Å². The predicted molar refractivity (Wildman–Crippen MR) is 17.9 cm³/mol. The van der Waals surface area contributed by atoms with Gasteiger partial charge in [0.1, 0.15) is 0 Å². The van der Waals surface area contributed by atoms with E-state index < -0.39 is 8.25 Å². The monoisotopic (exact) mass is 155 g/mol. The summed E-state index contributed by atoms with van der Waals surface area (Å²) in [6, 6.07) is 0. The average Bonchev–Trinajstić information content (AvgIpc) is 1.41. The maximum Gasteiger partial charge on any atom is 1.00 e. The van der Waals surface area contributed by atoms with Gasteiger partial charge in [0.25, 0.3) is 0 Å². The largest absolute Gasteiger partial charge is 1.00 e. The molecule has 38 valence electrons. The van der Waals surface area contributed by atoms with Crippen molar-refractivity contribution in [1.29, 1.82) is 0 Å². The maximum atomic E-state index is 8.70. The number of rotatable bonds is 0. The summed E-state index contributed by atoms with van der Waals surface area (Å²) < 4.78 is 16.4. The minimum Gasteiger partial charge on any atom is -0.769 e. The minimum absolute atomic E-state index is 0. The van der Waals surface area contributed by atoms with Crippen LogP contribution in [0.15, 0.2) is 0 Å². The molecule has 2 N–H and O–H groups in total. The minimum atomic E-state index is -2.87. The van der Waals surface area contributed by atoms with Crippen LogP contribution in [-0.4, -0.2) is 9.79 Å². The van der Waals surface area contributed by atoms with Crippen LogP contribution in [0, 0.1) is 0 Å². The number of halogens is 1. The molecule has 0 aliphatic heterocycles. The van der Waals surface area contributed by atoms with Crippen molar-refractivity contribution in [3.63, 3.8) is 0 Å². The molecule has 0 aliphatic carbocycles. The molecule has 0 atom stereocenters. The molecule has 0 aromatic heterocycles. The molecule has 0 aromatic carbocycles. The van der Waals surface area contributed by atoms with Crippen LogP contribution in [0.1, 0.15) is 0 Å². The third kappa shape index (κ3) is 125. The Balaban J connectivity index is -0.0000000480. The molecule has 0 saturated carbocycles. The van der Waals surface area contributed by atoms with Crippen LogP contribution in [0.25, 0.3) is 0 Å². The van der Waals surface area contributed by atoms with Crippen molar-refractivity contribution >= 4 is 20.1 Å². The molecule has 0 fully saturated rings. The average molecular weight is 155 g/mol. The van der Waals surface area contributed by atoms with Gasteiger partial charge in [-0.15, -0.1) is 9.79 Å². The Bertz CT molecular complexity index is 34.7. The summed E-state index contributed by atoms with van der Waals surface area (Å²) in [5.74, 6) is 0. The molecule has 4 nitrogen and oxygen atoms in total. The van der Waals surface area contributed by atoms with E-state index in [-0.39, 0.29) is 29.6 Å². The summed E-state index contributed by atoms with van der Waals surface area (Å²) in [5, 5.41) is 0. The number of hydrogen-bond donors (Lipinski definition) is 2. The normalized spacial score (nSPS) is 4.57. The number of hydrogen-bond acceptors (Lipinski definition) is 2. The van der Waals surface area contributed by atoms with Crippen molar-refractivity contribution in [1.82, 2.24) is 0 Å². The van der Waals surface area contributed by atoms with Crippen molar-refractivity contribution in [3.8, 4) is 0 Å². The summed E-state index contributed by atoms with van der Waals surface area (Å²) in [6.07, 6.45) is 0. The van der Waals surface area contributed by atoms with E-state index in [1.165, 1.54) is 0 Å². The molecular weight excluding hydrogens is 153 g/mol. The van der Waals surface area contributed by atoms with Gasteiger partial charge in [0, 0.05) is 4.57 Å². The first-order valence-electron chi connectivity index (χ1n) is 0.737. The second-order valence-corrected chi connectivity index (χ2v) is 0.758. The van der Waals surface area contributed by atoms with Gasteiger partial charge in [-0.1, -0.05) is 0 Å². The van der Waals surface area contributed by atoms with Crippen molar-refractivity contribution in [3.05, 3.63) is 0 Å². The molecule has 0 rings (SSSR count). The fraction of sp³-hybridized carbons (Fsp3) is 0. The van der Waals surface area contributed by atoms with Gasteiger partial charge in [-0.2, -0.15) is 0 Å². The van der Waals surface area contributed by atoms with Gasteiger partial charge in [-0.3, -0.25) is 0 Å². The molecule has 0 radical (unpaired) electrons. The Morgan fingerprint density at radius 3 is 1.43 bits per heavy atom. The second kappa shape index (κ2) is 15.7. The fourth-order valence-corrected chi connectivity index (χ4v) is 0. The molecule has 0 bridgehead atoms. The predicted octanol–water partition coefficient (Wildman–Crippen LogP) is -3.87. The van der Waals surface area contributed by atoms with Gasteiger partial charge in [-0.05, 0) is 0 Å². The van der Waals surface area contributed by atoms with Crippen LogP contribution in [0.5, 0.6) is 0 Å². The Morgan fingerprint density at radius 1 is 1.43 bits per heavy atom. The molecule has 0 spiro atoms. The zero-order valence-corrected chi connectivity index (χ0v) is 7.19. The fourth-order valence-electron chi connectivity index (χ4n) is 0. The molecule has 0 unspecified atom stereocenters. The van der Waals surface area contributed by atoms with Gasteiger partial charge < -0.3 is 4.66 Å². The first kappa shape index (κ1) is 15.7. The Morgan fingerprint density at radius 2 is 1.43 bits per heavy atom. The van der Waals surface area contributed by atoms with E-state index in [1.807, 2.05) is 0 Å². The smallest absolute Gasteiger partial charge is 0.769 e. The summed E-state index contributed by atoms with van der Waals surface area (Å²) in [5.41, 5.74) is 0. The Kier molecular flexibility index (Phi) is 35.2. The summed E-state index contributed by atoms with van der Waals surface area (Å²) in [6.45, 7) is 0. The summed E-state index contributed by atoms with van der Waals surface area (Å²) in [7, 11) is -2.87. The van der Waals surface area contributed by atoms with Crippen LogP contribution in [-0.2, 0) is 4.57 Å². The second-order valence-electron chi connectivity index (χ2n) is 0.253. The van der Waals surface area contributed by atoms with Gasteiger partial charge in [-0.25, -0.2) is 11.9 Å². The third-order valence-corrected chi connectivity index (χ3v) is 0. The third-order valence-electron chi connectivity index (χ3n) is 0. The van der Waals surface area contributed by atoms with E-state index in [4.69, 9.17) is 19.0 Å². The van der Waals surface area contributed by atoms with Gasteiger partial charge in [0.05, 0.1) is 0 Å². The molecule has 0 aliphatic rings. The van der Waals surface area contributed by atoms with Gasteiger partial charge in [0.15, 0.2) is 0 Å². The van der Waals surface area contributed by atoms with Crippen molar-refractivity contribution in [2.45, 2.75) is 0 Å². The van der Waals surface area contributed by atoms with Crippen molar-refractivity contribution in [2.24, 2.45) is 0 Å². The first-order chi connectivity index (χ1) is 2.73. The zero-order valence-electron chi connectivity index (χ0n) is 3.54. The van der Waals surface area contributed by atoms with Crippen molar-refractivity contribution < 1.29 is 48.6 Å².